The van der Waals surface area contributed by atoms with Crippen molar-refractivity contribution in [1.82, 2.24) is 9.78 Å². The zero-order chi connectivity index (χ0) is 23.5. The molecule has 172 valence electrons. The minimum absolute atomic E-state index is 0.120. The number of sulfonamides is 1. The van der Waals surface area contributed by atoms with Gasteiger partial charge < -0.3 is 14.2 Å². The average molecular weight is 460 g/mol. The summed E-state index contributed by atoms with van der Waals surface area (Å²) in [6.07, 6.45) is 1.56. The van der Waals surface area contributed by atoms with Gasteiger partial charge in [-0.1, -0.05) is 51.1 Å². The summed E-state index contributed by atoms with van der Waals surface area (Å²) in [7, 11) is 0.480. The summed E-state index contributed by atoms with van der Waals surface area (Å²) < 4.78 is 47.1. The summed E-state index contributed by atoms with van der Waals surface area (Å²) in [5.41, 5.74) is 1.31. The van der Waals surface area contributed by atoms with Crippen LogP contribution in [0, 0.1) is 0 Å². The highest BCUT2D eigenvalue weighted by Gasteiger charge is 2.30. The maximum absolute atomic E-state index is 13.4. The fourth-order valence-electron chi connectivity index (χ4n) is 3.32. The molecule has 0 fully saturated rings. The summed E-state index contributed by atoms with van der Waals surface area (Å²) in [6, 6.07) is 12.8. The fourth-order valence-corrected chi connectivity index (χ4v) is 4.72. The van der Waals surface area contributed by atoms with Crippen molar-refractivity contribution in [1.29, 1.82) is 0 Å². The zero-order valence-electron chi connectivity index (χ0n) is 19.2. The first-order valence-corrected chi connectivity index (χ1v) is 11.5. The molecule has 32 heavy (non-hydrogen) atoms. The number of aromatic nitrogens is 2. The Labute approximate surface area is 189 Å². The summed E-state index contributed by atoms with van der Waals surface area (Å²) in [5.74, 6) is 1.07. The van der Waals surface area contributed by atoms with Crippen LogP contribution in [-0.2, 0) is 22.0 Å². The maximum Gasteiger partial charge on any atom is 0.265 e. The van der Waals surface area contributed by atoms with Crippen LogP contribution in [0.3, 0.4) is 0 Å². The van der Waals surface area contributed by atoms with Gasteiger partial charge in [-0.2, -0.15) is 5.10 Å². The molecule has 8 nitrogen and oxygen atoms in total. The molecular formula is C23H29N3O5S. The van der Waals surface area contributed by atoms with Gasteiger partial charge in [-0.3, -0.25) is 9.40 Å². The summed E-state index contributed by atoms with van der Waals surface area (Å²) in [5, 5.41) is 4.61. The smallest absolute Gasteiger partial charge is 0.265 e. The van der Waals surface area contributed by atoms with Crippen molar-refractivity contribution >= 4 is 15.7 Å². The number of nitrogens with zero attached hydrogens (tertiary/aromatic N) is 2. The number of benzene rings is 2. The van der Waals surface area contributed by atoms with E-state index < -0.39 is 15.4 Å². The van der Waals surface area contributed by atoms with E-state index in [4.69, 9.17) is 14.2 Å². The van der Waals surface area contributed by atoms with Crippen molar-refractivity contribution < 1.29 is 22.6 Å². The number of methoxy groups -OCH3 is 3. The van der Waals surface area contributed by atoms with E-state index in [1.54, 1.807) is 23.0 Å². The molecule has 3 aromatic rings. The Bertz CT molecular complexity index is 1160. The number of hydrogen-bond donors (Lipinski definition) is 1. The van der Waals surface area contributed by atoms with Gasteiger partial charge in [0.15, 0.2) is 11.5 Å². The van der Waals surface area contributed by atoms with Gasteiger partial charge in [0.1, 0.15) is 4.90 Å². The predicted molar refractivity (Wildman–Crippen MR) is 123 cm³/mol. The second kappa shape index (κ2) is 9.12. The minimum atomic E-state index is -3.95. The number of ether oxygens (including phenoxy) is 3. The monoisotopic (exact) mass is 459 g/mol. The number of hydrogen-bond acceptors (Lipinski definition) is 6. The van der Waals surface area contributed by atoms with E-state index in [-0.39, 0.29) is 10.6 Å². The number of rotatable bonds is 8. The van der Waals surface area contributed by atoms with Crippen molar-refractivity contribution in [2.24, 2.45) is 0 Å². The van der Waals surface area contributed by atoms with Gasteiger partial charge in [0.2, 0.25) is 5.75 Å². The molecule has 0 bridgehead atoms. The maximum atomic E-state index is 13.4. The Hall–Kier alpha value is -3.20. The second-order valence-electron chi connectivity index (χ2n) is 8.29. The highest BCUT2D eigenvalue weighted by atomic mass is 32.2. The van der Waals surface area contributed by atoms with Crippen molar-refractivity contribution in [2.45, 2.75) is 37.6 Å². The quantitative estimate of drug-likeness (QED) is 0.546. The molecule has 0 atom stereocenters. The van der Waals surface area contributed by atoms with E-state index in [2.05, 4.69) is 9.82 Å². The molecular weight excluding hydrogens is 430 g/mol. The van der Waals surface area contributed by atoms with E-state index >= 15 is 0 Å². The Morgan fingerprint density at radius 1 is 0.969 bits per heavy atom. The molecule has 0 amide bonds. The van der Waals surface area contributed by atoms with Gasteiger partial charge in [0.25, 0.3) is 10.0 Å². The highest BCUT2D eigenvalue weighted by molar-refractivity contribution is 7.92. The molecule has 3 rings (SSSR count). The zero-order valence-corrected chi connectivity index (χ0v) is 20.0. The topological polar surface area (TPSA) is 91.7 Å². The second-order valence-corrected chi connectivity index (χ2v) is 9.95. The molecule has 0 aliphatic carbocycles. The van der Waals surface area contributed by atoms with Crippen molar-refractivity contribution in [2.75, 3.05) is 26.1 Å². The first kappa shape index (κ1) is 23.5. The molecule has 1 aromatic heterocycles. The molecule has 0 aliphatic rings. The number of anilines is 1. The molecule has 9 heteroatoms. The average Bonchev–Trinajstić information content (AvgIpc) is 3.19. The molecule has 0 spiro atoms. The highest BCUT2D eigenvalue weighted by Crippen LogP contribution is 2.40. The molecule has 0 saturated heterocycles. The predicted octanol–water partition coefficient (Wildman–Crippen LogP) is 4.06. The van der Waals surface area contributed by atoms with E-state index in [0.717, 1.165) is 5.56 Å². The van der Waals surface area contributed by atoms with Crippen molar-refractivity contribution in [3.05, 3.63) is 59.9 Å². The van der Waals surface area contributed by atoms with Crippen LogP contribution in [0.15, 0.2) is 53.6 Å². The van der Waals surface area contributed by atoms with E-state index in [0.29, 0.717) is 29.5 Å². The van der Waals surface area contributed by atoms with Crippen molar-refractivity contribution in [3.8, 4) is 17.2 Å². The third kappa shape index (κ3) is 4.99. The fraction of sp³-hybridized carbons (Fsp3) is 0.348. The normalized spacial score (nSPS) is 11.8. The van der Waals surface area contributed by atoms with Crippen LogP contribution in [-0.4, -0.2) is 39.5 Å². The standard InChI is InChI=1S/C23H29N3O5S/c1-23(2,3)22-20(15-26(24-22)14-16-10-8-7-9-11-16)32(27,28)25-17-12-18(29-4)21(31-6)19(13-17)30-5/h7-13,15,25H,14H2,1-6H3. The van der Waals surface area contributed by atoms with Crippen LogP contribution in [0.1, 0.15) is 32.0 Å². The number of nitrogens with one attached hydrogen (secondary N) is 1. The molecule has 2 aromatic carbocycles. The van der Waals surface area contributed by atoms with Crippen LogP contribution in [0.25, 0.3) is 0 Å². The Balaban J connectivity index is 2.02. The Morgan fingerprint density at radius 2 is 1.56 bits per heavy atom. The van der Waals surface area contributed by atoms with Crippen molar-refractivity contribution in [3.63, 3.8) is 0 Å². The van der Waals surface area contributed by atoms with Gasteiger partial charge in [-0.15, -0.1) is 0 Å². The van der Waals surface area contributed by atoms with Gasteiger partial charge in [0, 0.05) is 23.7 Å². The van der Waals surface area contributed by atoms with Crippen LogP contribution in [0.5, 0.6) is 17.2 Å². The van der Waals surface area contributed by atoms with Gasteiger partial charge in [-0.25, -0.2) is 8.42 Å². The van der Waals surface area contributed by atoms with E-state index in [9.17, 15) is 8.42 Å². The van der Waals surface area contributed by atoms with Crippen LogP contribution < -0.4 is 18.9 Å². The van der Waals surface area contributed by atoms with Gasteiger partial charge in [0.05, 0.1) is 39.3 Å². The van der Waals surface area contributed by atoms with Gasteiger partial charge in [-0.05, 0) is 5.56 Å². The lowest BCUT2D eigenvalue weighted by Gasteiger charge is -2.18. The lowest BCUT2D eigenvalue weighted by molar-refractivity contribution is 0.324. The molecule has 1 N–H and O–H groups in total. The molecule has 0 unspecified atom stereocenters. The minimum Gasteiger partial charge on any atom is -0.493 e. The van der Waals surface area contributed by atoms with Gasteiger partial charge >= 0.3 is 0 Å². The Morgan fingerprint density at radius 3 is 2.06 bits per heavy atom. The molecule has 0 radical (unpaired) electrons. The van der Waals surface area contributed by atoms with E-state index in [1.807, 2.05) is 51.1 Å². The lowest BCUT2D eigenvalue weighted by Crippen LogP contribution is -2.20. The first-order chi connectivity index (χ1) is 15.1. The third-order valence-corrected chi connectivity index (χ3v) is 6.21. The van der Waals surface area contributed by atoms with E-state index in [1.165, 1.54) is 21.3 Å². The lowest BCUT2D eigenvalue weighted by atomic mass is 9.92. The molecule has 0 aliphatic heterocycles. The largest absolute Gasteiger partial charge is 0.493 e. The Kier molecular flexibility index (Phi) is 6.68. The van der Waals surface area contributed by atoms with Crippen LogP contribution in [0.4, 0.5) is 5.69 Å². The third-order valence-electron chi connectivity index (χ3n) is 4.83. The summed E-state index contributed by atoms with van der Waals surface area (Å²) in [6.45, 7) is 6.26. The first-order valence-electron chi connectivity index (χ1n) is 10.0. The SMILES string of the molecule is COc1cc(NS(=O)(=O)c2cn(Cc3ccccc3)nc2C(C)(C)C)cc(OC)c1OC. The molecule has 1 heterocycles. The van der Waals surface area contributed by atoms with Crippen LogP contribution >= 0.6 is 0 Å². The van der Waals surface area contributed by atoms with Crippen LogP contribution in [0.2, 0.25) is 0 Å². The summed E-state index contributed by atoms with van der Waals surface area (Å²) >= 11 is 0. The molecule has 0 saturated carbocycles. The summed E-state index contributed by atoms with van der Waals surface area (Å²) in [4.78, 5) is 0.120.